The van der Waals surface area contributed by atoms with Crippen molar-refractivity contribution in [3.8, 4) is 0 Å². The van der Waals surface area contributed by atoms with E-state index in [9.17, 15) is 0 Å². The Kier molecular flexibility index (Phi) is 5.43. The number of rotatable bonds is 5. The highest BCUT2D eigenvalue weighted by atomic mass is 32.1. The number of nitrogens with zero attached hydrogens (tertiary/aromatic N) is 1. The number of hydrogen-bond donors (Lipinski definition) is 1. The van der Waals surface area contributed by atoms with Crippen molar-refractivity contribution in [2.75, 3.05) is 20.1 Å². The Morgan fingerprint density at radius 3 is 2.63 bits per heavy atom. The molecule has 19 heavy (non-hydrogen) atoms. The van der Waals surface area contributed by atoms with Crippen LogP contribution in [0.2, 0.25) is 0 Å². The van der Waals surface area contributed by atoms with Gasteiger partial charge in [0.1, 0.15) is 0 Å². The van der Waals surface area contributed by atoms with Gasteiger partial charge in [-0.05, 0) is 63.4 Å². The first-order chi connectivity index (χ1) is 9.10. The molecule has 0 aliphatic carbocycles. The molecule has 3 heteroatoms. The summed E-state index contributed by atoms with van der Waals surface area (Å²) in [5.41, 5.74) is 1.54. The molecule has 1 N–H and O–H groups in total. The first-order valence-electron chi connectivity index (χ1n) is 7.55. The first-order valence-corrected chi connectivity index (χ1v) is 8.37. The second kappa shape index (κ2) is 6.87. The Morgan fingerprint density at radius 1 is 1.37 bits per heavy atom. The van der Waals surface area contributed by atoms with Crippen molar-refractivity contribution in [3.05, 3.63) is 21.4 Å². The van der Waals surface area contributed by atoms with Gasteiger partial charge in [0.05, 0.1) is 0 Å². The number of piperidine rings is 1. The van der Waals surface area contributed by atoms with Crippen molar-refractivity contribution in [2.24, 2.45) is 11.8 Å². The molecule has 0 aromatic carbocycles. The highest BCUT2D eigenvalue weighted by molar-refractivity contribution is 7.12. The van der Waals surface area contributed by atoms with Crippen LogP contribution in [0.1, 0.15) is 42.0 Å². The molecule has 1 saturated heterocycles. The lowest BCUT2D eigenvalue weighted by Gasteiger charge is -2.33. The van der Waals surface area contributed by atoms with Gasteiger partial charge < -0.3 is 5.32 Å². The lowest BCUT2D eigenvalue weighted by Crippen LogP contribution is -2.34. The average Bonchev–Trinajstić information content (AvgIpc) is 2.71. The molecule has 0 bridgehead atoms. The molecule has 1 aromatic rings. The van der Waals surface area contributed by atoms with Crippen LogP contribution < -0.4 is 5.32 Å². The molecule has 0 saturated carbocycles. The van der Waals surface area contributed by atoms with Crippen molar-refractivity contribution in [3.63, 3.8) is 0 Å². The van der Waals surface area contributed by atoms with Crippen LogP contribution in [0.5, 0.6) is 0 Å². The molecule has 2 rings (SSSR count). The van der Waals surface area contributed by atoms with E-state index in [-0.39, 0.29) is 0 Å². The van der Waals surface area contributed by atoms with E-state index in [1.165, 1.54) is 35.7 Å². The van der Waals surface area contributed by atoms with Crippen LogP contribution in [0.3, 0.4) is 0 Å². The molecule has 0 radical (unpaired) electrons. The molecule has 0 spiro atoms. The van der Waals surface area contributed by atoms with Gasteiger partial charge in [-0.15, -0.1) is 11.3 Å². The Bertz CT molecular complexity index is 389. The first kappa shape index (κ1) is 15.0. The minimum Gasteiger partial charge on any atom is -0.315 e. The summed E-state index contributed by atoms with van der Waals surface area (Å²) in [6.07, 6.45) is 2.76. The molecule has 108 valence electrons. The number of hydrogen-bond acceptors (Lipinski definition) is 3. The zero-order valence-electron chi connectivity index (χ0n) is 12.8. The Labute approximate surface area is 122 Å². The SMILES string of the molecule is CNCc1cc(CN2CCC(C(C)C)CC2)c(C)s1. The fraction of sp³-hybridized carbons (Fsp3) is 0.750. The molecule has 0 unspecified atom stereocenters. The molecule has 1 aliphatic rings. The van der Waals surface area contributed by atoms with Crippen LogP contribution in [0.25, 0.3) is 0 Å². The number of likely N-dealkylation sites (tertiary alicyclic amines) is 1. The summed E-state index contributed by atoms with van der Waals surface area (Å²) in [6.45, 7) is 11.7. The van der Waals surface area contributed by atoms with Gasteiger partial charge in [-0.1, -0.05) is 13.8 Å². The molecule has 1 fully saturated rings. The van der Waals surface area contributed by atoms with E-state index in [1.54, 1.807) is 5.56 Å². The topological polar surface area (TPSA) is 15.3 Å². The van der Waals surface area contributed by atoms with Crippen LogP contribution in [-0.2, 0) is 13.1 Å². The second-order valence-corrected chi connectivity index (χ2v) is 7.52. The maximum atomic E-state index is 3.24. The van der Waals surface area contributed by atoms with Crippen molar-refractivity contribution in [1.29, 1.82) is 0 Å². The van der Waals surface area contributed by atoms with Gasteiger partial charge in [-0.2, -0.15) is 0 Å². The van der Waals surface area contributed by atoms with Gasteiger partial charge in [0, 0.05) is 22.8 Å². The molecule has 1 aliphatic heterocycles. The number of aryl methyl sites for hydroxylation is 1. The van der Waals surface area contributed by atoms with Crippen molar-refractivity contribution in [2.45, 2.75) is 46.7 Å². The van der Waals surface area contributed by atoms with E-state index in [0.29, 0.717) is 0 Å². The van der Waals surface area contributed by atoms with Gasteiger partial charge in [-0.3, -0.25) is 4.90 Å². The van der Waals surface area contributed by atoms with Gasteiger partial charge >= 0.3 is 0 Å². The minimum absolute atomic E-state index is 0.854. The van der Waals surface area contributed by atoms with Crippen molar-refractivity contribution in [1.82, 2.24) is 10.2 Å². The molecular formula is C16H28N2S. The fourth-order valence-electron chi connectivity index (χ4n) is 3.02. The molecular weight excluding hydrogens is 252 g/mol. The van der Waals surface area contributed by atoms with E-state index in [0.717, 1.165) is 24.9 Å². The lowest BCUT2D eigenvalue weighted by molar-refractivity contribution is 0.152. The largest absolute Gasteiger partial charge is 0.315 e. The summed E-state index contributed by atoms with van der Waals surface area (Å²) in [4.78, 5) is 5.60. The summed E-state index contributed by atoms with van der Waals surface area (Å²) in [6, 6.07) is 2.39. The maximum Gasteiger partial charge on any atom is 0.0296 e. The average molecular weight is 280 g/mol. The monoisotopic (exact) mass is 280 g/mol. The summed E-state index contributed by atoms with van der Waals surface area (Å²) >= 11 is 1.94. The van der Waals surface area contributed by atoms with Gasteiger partial charge in [-0.25, -0.2) is 0 Å². The van der Waals surface area contributed by atoms with E-state index >= 15 is 0 Å². The molecule has 2 heterocycles. The van der Waals surface area contributed by atoms with Gasteiger partial charge in [0.15, 0.2) is 0 Å². The van der Waals surface area contributed by atoms with Gasteiger partial charge in [0.2, 0.25) is 0 Å². The maximum absolute atomic E-state index is 3.24. The third kappa shape index (κ3) is 4.04. The fourth-order valence-corrected chi connectivity index (χ4v) is 4.09. The smallest absolute Gasteiger partial charge is 0.0296 e. The summed E-state index contributed by atoms with van der Waals surface area (Å²) in [5.74, 6) is 1.80. The van der Waals surface area contributed by atoms with E-state index in [4.69, 9.17) is 0 Å². The van der Waals surface area contributed by atoms with Crippen molar-refractivity contribution < 1.29 is 0 Å². The molecule has 0 amide bonds. The summed E-state index contributed by atoms with van der Waals surface area (Å²) in [7, 11) is 2.02. The Balaban J connectivity index is 1.88. The van der Waals surface area contributed by atoms with Crippen LogP contribution in [-0.4, -0.2) is 25.0 Å². The lowest BCUT2D eigenvalue weighted by atomic mass is 9.86. The second-order valence-electron chi connectivity index (χ2n) is 6.18. The number of nitrogens with one attached hydrogen (secondary N) is 1. The predicted molar refractivity (Wildman–Crippen MR) is 84.7 cm³/mol. The number of thiophene rings is 1. The highest BCUT2D eigenvalue weighted by Crippen LogP contribution is 2.27. The normalized spacial score (nSPS) is 18.4. The predicted octanol–water partition coefficient (Wildman–Crippen LogP) is 3.64. The van der Waals surface area contributed by atoms with E-state index in [2.05, 4.69) is 37.1 Å². The summed E-state index contributed by atoms with van der Waals surface area (Å²) < 4.78 is 0. The van der Waals surface area contributed by atoms with Crippen LogP contribution in [0, 0.1) is 18.8 Å². The Hall–Kier alpha value is -0.380. The molecule has 1 aromatic heterocycles. The van der Waals surface area contributed by atoms with Crippen LogP contribution >= 0.6 is 11.3 Å². The quantitative estimate of drug-likeness (QED) is 0.886. The van der Waals surface area contributed by atoms with Gasteiger partial charge in [0.25, 0.3) is 0 Å². The zero-order valence-corrected chi connectivity index (χ0v) is 13.6. The Morgan fingerprint density at radius 2 is 2.05 bits per heavy atom. The molecule has 2 nitrogen and oxygen atoms in total. The minimum atomic E-state index is 0.854. The van der Waals surface area contributed by atoms with Crippen molar-refractivity contribution >= 4 is 11.3 Å². The van der Waals surface area contributed by atoms with Crippen LogP contribution in [0.15, 0.2) is 6.07 Å². The van der Waals surface area contributed by atoms with Crippen LogP contribution in [0.4, 0.5) is 0 Å². The molecule has 0 atom stereocenters. The third-order valence-corrected chi connectivity index (χ3v) is 5.48. The third-order valence-electron chi connectivity index (χ3n) is 4.39. The highest BCUT2D eigenvalue weighted by Gasteiger charge is 2.22. The standard InChI is InChI=1S/C16H28N2S/c1-12(2)14-5-7-18(8-6-14)11-15-9-16(10-17-4)19-13(15)3/h9,12,14,17H,5-8,10-11H2,1-4H3. The summed E-state index contributed by atoms with van der Waals surface area (Å²) in [5, 5.41) is 3.24. The van der Waals surface area contributed by atoms with E-state index < -0.39 is 0 Å². The zero-order chi connectivity index (χ0) is 13.8. The van der Waals surface area contributed by atoms with E-state index in [1.807, 2.05) is 18.4 Å².